The molecule has 1 aliphatic rings. The van der Waals surface area contributed by atoms with Crippen molar-refractivity contribution in [2.24, 2.45) is 0 Å². The van der Waals surface area contributed by atoms with Crippen LogP contribution in [0.2, 0.25) is 0 Å². The van der Waals surface area contributed by atoms with Crippen LogP contribution in [0.4, 0.5) is 0 Å². The van der Waals surface area contributed by atoms with Crippen LogP contribution in [0.5, 0.6) is 0 Å². The Morgan fingerprint density at radius 2 is 2.11 bits per heavy atom. The number of aliphatic carboxylic acids is 1. The second-order valence-corrected chi connectivity index (χ2v) is 4.96. The van der Waals surface area contributed by atoms with E-state index in [1.165, 1.54) is 4.90 Å². The predicted octanol–water partition coefficient (Wildman–Crippen LogP) is 1.66. The van der Waals surface area contributed by atoms with Crippen molar-refractivity contribution >= 4 is 11.9 Å². The fourth-order valence-electron chi connectivity index (χ4n) is 2.17. The van der Waals surface area contributed by atoms with Crippen LogP contribution in [-0.4, -0.2) is 47.2 Å². The highest BCUT2D eigenvalue weighted by Gasteiger charge is 2.31. The standard InChI is InChI=1S/C13H23NO4/c1-10(2)18-9-5-7-12(15)14-8-4-3-6-11(14)13(16)17/h10-11H,3-9H2,1-2H3,(H,16,17). The molecule has 1 saturated heterocycles. The van der Waals surface area contributed by atoms with Gasteiger partial charge in [0.05, 0.1) is 6.10 Å². The van der Waals surface area contributed by atoms with Gasteiger partial charge >= 0.3 is 5.97 Å². The molecule has 1 aliphatic heterocycles. The summed E-state index contributed by atoms with van der Waals surface area (Å²) in [6.07, 6.45) is 3.55. The second-order valence-electron chi connectivity index (χ2n) is 4.96. The van der Waals surface area contributed by atoms with Gasteiger partial charge in [0, 0.05) is 19.6 Å². The quantitative estimate of drug-likeness (QED) is 0.735. The number of carbonyl (C=O) groups is 2. The first-order valence-corrected chi connectivity index (χ1v) is 6.66. The highest BCUT2D eigenvalue weighted by atomic mass is 16.5. The molecule has 5 nitrogen and oxygen atoms in total. The SMILES string of the molecule is CC(C)OCCCC(=O)N1CCCCC1C(=O)O. The predicted molar refractivity (Wildman–Crippen MR) is 67.3 cm³/mol. The molecule has 104 valence electrons. The molecule has 1 fully saturated rings. The molecule has 0 radical (unpaired) electrons. The molecule has 5 heteroatoms. The Morgan fingerprint density at radius 3 is 2.72 bits per heavy atom. The van der Waals surface area contributed by atoms with Crippen LogP contribution in [0.1, 0.15) is 46.0 Å². The fourth-order valence-corrected chi connectivity index (χ4v) is 2.17. The highest BCUT2D eigenvalue weighted by Crippen LogP contribution is 2.18. The number of rotatable bonds is 6. The lowest BCUT2D eigenvalue weighted by Crippen LogP contribution is -2.47. The second kappa shape index (κ2) is 7.36. The van der Waals surface area contributed by atoms with E-state index in [2.05, 4.69) is 0 Å². The number of amides is 1. The summed E-state index contributed by atoms with van der Waals surface area (Å²) in [6.45, 7) is 5.02. The van der Waals surface area contributed by atoms with E-state index in [1.54, 1.807) is 0 Å². The molecule has 0 bridgehead atoms. The molecule has 1 rings (SSSR count). The summed E-state index contributed by atoms with van der Waals surface area (Å²) in [4.78, 5) is 24.5. The van der Waals surface area contributed by atoms with E-state index in [9.17, 15) is 9.59 Å². The van der Waals surface area contributed by atoms with Gasteiger partial charge in [-0.25, -0.2) is 4.79 Å². The van der Waals surface area contributed by atoms with Crippen LogP contribution < -0.4 is 0 Å². The highest BCUT2D eigenvalue weighted by molar-refractivity contribution is 5.83. The first-order chi connectivity index (χ1) is 8.52. The summed E-state index contributed by atoms with van der Waals surface area (Å²) in [5, 5.41) is 9.08. The van der Waals surface area contributed by atoms with Gasteiger partial charge in [0.25, 0.3) is 0 Å². The summed E-state index contributed by atoms with van der Waals surface area (Å²) in [5.41, 5.74) is 0. The maximum Gasteiger partial charge on any atom is 0.326 e. The molecule has 1 unspecified atom stereocenters. The zero-order chi connectivity index (χ0) is 13.5. The number of nitrogens with zero attached hydrogens (tertiary/aromatic N) is 1. The van der Waals surface area contributed by atoms with E-state index in [1.807, 2.05) is 13.8 Å². The van der Waals surface area contributed by atoms with Gasteiger partial charge in [-0.2, -0.15) is 0 Å². The van der Waals surface area contributed by atoms with E-state index >= 15 is 0 Å². The number of likely N-dealkylation sites (tertiary alicyclic amines) is 1. The number of carboxylic acid groups (broad SMARTS) is 1. The molecule has 1 N–H and O–H groups in total. The number of carbonyl (C=O) groups excluding carboxylic acids is 1. The molecule has 0 aliphatic carbocycles. The topological polar surface area (TPSA) is 66.8 Å². The number of hydrogen-bond acceptors (Lipinski definition) is 3. The molecule has 1 atom stereocenters. The third-order valence-corrected chi connectivity index (χ3v) is 3.09. The summed E-state index contributed by atoms with van der Waals surface area (Å²) in [5.74, 6) is -0.948. The summed E-state index contributed by atoms with van der Waals surface area (Å²) >= 11 is 0. The van der Waals surface area contributed by atoms with Crippen LogP contribution in [0.15, 0.2) is 0 Å². The van der Waals surface area contributed by atoms with E-state index in [-0.39, 0.29) is 12.0 Å². The molecule has 0 aromatic heterocycles. The lowest BCUT2D eigenvalue weighted by atomic mass is 10.0. The Balaban J connectivity index is 2.36. The van der Waals surface area contributed by atoms with Gasteiger partial charge in [-0.15, -0.1) is 0 Å². The molecular formula is C13H23NO4. The minimum Gasteiger partial charge on any atom is -0.480 e. The maximum absolute atomic E-state index is 12.0. The van der Waals surface area contributed by atoms with E-state index in [0.717, 1.165) is 12.8 Å². The summed E-state index contributed by atoms with van der Waals surface area (Å²) in [7, 11) is 0. The Kier molecular flexibility index (Phi) is 6.12. The summed E-state index contributed by atoms with van der Waals surface area (Å²) in [6, 6.07) is -0.628. The van der Waals surface area contributed by atoms with Crippen LogP contribution in [0, 0.1) is 0 Å². The average molecular weight is 257 g/mol. The number of piperidine rings is 1. The van der Waals surface area contributed by atoms with Gasteiger partial charge in [-0.05, 0) is 39.5 Å². The molecular weight excluding hydrogens is 234 g/mol. The largest absolute Gasteiger partial charge is 0.480 e. The fraction of sp³-hybridized carbons (Fsp3) is 0.846. The third-order valence-electron chi connectivity index (χ3n) is 3.09. The van der Waals surface area contributed by atoms with Crippen molar-refractivity contribution in [2.75, 3.05) is 13.2 Å². The van der Waals surface area contributed by atoms with Crippen LogP contribution >= 0.6 is 0 Å². The van der Waals surface area contributed by atoms with Gasteiger partial charge in [0.15, 0.2) is 0 Å². The van der Waals surface area contributed by atoms with Crippen molar-refractivity contribution in [1.82, 2.24) is 4.90 Å². The van der Waals surface area contributed by atoms with Crippen molar-refractivity contribution in [3.05, 3.63) is 0 Å². The zero-order valence-corrected chi connectivity index (χ0v) is 11.2. The van der Waals surface area contributed by atoms with Crippen molar-refractivity contribution in [2.45, 2.75) is 58.1 Å². The first-order valence-electron chi connectivity index (χ1n) is 6.66. The Bertz CT molecular complexity index is 291. The van der Waals surface area contributed by atoms with Crippen molar-refractivity contribution in [3.8, 4) is 0 Å². The van der Waals surface area contributed by atoms with Gasteiger partial charge in [0.2, 0.25) is 5.91 Å². The molecule has 0 aromatic rings. The molecule has 18 heavy (non-hydrogen) atoms. The monoisotopic (exact) mass is 257 g/mol. The maximum atomic E-state index is 12.0. The van der Waals surface area contributed by atoms with E-state index < -0.39 is 12.0 Å². The molecule has 1 amide bonds. The number of ether oxygens (including phenoxy) is 1. The Morgan fingerprint density at radius 1 is 1.39 bits per heavy atom. The Labute approximate surface area is 108 Å². The third kappa shape index (κ3) is 4.64. The normalized spacial score (nSPS) is 20.2. The average Bonchev–Trinajstić information content (AvgIpc) is 2.34. The lowest BCUT2D eigenvalue weighted by Gasteiger charge is -2.33. The van der Waals surface area contributed by atoms with Crippen LogP contribution in [-0.2, 0) is 14.3 Å². The van der Waals surface area contributed by atoms with Gasteiger partial charge in [0.1, 0.15) is 6.04 Å². The first kappa shape index (κ1) is 15.0. The zero-order valence-electron chi connectivity index (χ0n) is 11.2. The van der Waals surface area contributed by atoms with Gasteiger partial charge < -0.3 is 14.7 Å². The van der Waals surface area contributed by atoms with Crippen molar-refractivity contribution in [3.63, 3.8) is 0 Å². The van der Waals surface area contributed by atoms with Crippen molar-refractivity contribution in [1.29, 1.82) is 0 Å². The van der Waals surface area contributed by atoms with Gasteiger partial charge in [-0.1, -0.05) is 0 Å². The molecule has 0 aromatic carbocycles. The Hall–Kier alpha value is -1.10. The van der Waals surface area contributed by atoms with E-state index in [4.69, 9.17) is 9.84 Å². The van der Waals surface area contributed by atoms with Crippen LogP contribution in [0.25, 0.3) is 0 Å². The summed E-state index contributed by atoms with van der Waals surface area (Å²) < 4.78 is 5.37. The van der Waals surface area contributed by atoms with E-state index in [0.29, 0.717) is 32.4 Å². The van der Waals surface area contributed by atoms with Crippen LogP contribution in [0.3, 0.4) is 0 Å². The smallest absolute Gasteiger partial charge is 0.326 e. The minimum absolute atomic E-state index is 0.0607. The lowest BCUT2D eigenvalue weighted by molar-refractivity contribution is -0.152. The van der Waals surface area contributed by atoms with Gasteiger partial charge in [-0.3, -0.25) is 4.79 Å². The number of hydrogen-bond donors (Lipinski definition) is 1. The van der Waals surface area contributed by atoms with Crippen molar-refractivity contribution < 1.29 is 19.4 Å². The molecule has 1 heterocycles. The molecule has 0 spiro atoms. The molecule has 0 saturated carbocycles. The number of carboxylic acids is 1. The minimum atomic E-state index is -0.888.